The molecule has 0 aliphatic rings. The highest BCUT2D eigenvalue weighted by Gasteiger charge is 2.22. The van der Waals surface area contributed by atoms with E-state index in [1.54, 1.807) is 20.8 Å². The summed E-state index contributed by atoms with van der Waals surface area (Å²) in [5.74, 6) is 0. The zero-order valence-electron chi connectivity index (χ0n) is 14.2. The van der Waals surface area contributed by atoms with Gasteiger partial charge < -0.3 is 19.7 Å². The lowest BCUT2D eigenvalue weighted by Gasteiger charge is -2.27. The van der Waals surface area contributed by atoms with Gasteiger partial charge in [0.05, 0.1) is 20.0 Å². The van der Waals surface area contributed by atoms with E-state index in [2.05, 4.69) is 14.2 Å². The molecule has 23 heavy (non-hydrogen) atoms. The van der Waals surface area contributed by atoms with Crippen LogP contribution in [0.25, 0.3) is 0 Å². The van der Waals surface area contributed by atoms with E-state index in [0.29, 0.717) is 6.42 Å². The van der Waals surface area contributed by atoms with Gasteiger partial charge in [-0.1, -0.05) is 0 Å². The van der Waals surface area contributed by atoms with Crippen molar-refractivity contribution in [1.82, 2.24) is 10.2 Å². The molecule has 10 heteroatoms. The second kappa shape index (κ2) is 9.56. The van der Waals surface area contributed by atoms with E-state index in [4.69, 9.17) is 4.74 Å². The molecule has 0 saturated heterocycles. The molecule has 0 unspecified atom stereocenters. The van der Waals surface area contributed by atoms with E-state index in [0.717, 1.165) is 6.26 Å². The molecule has 0 saturated carbocycles. The van der Waals surface area contributed by atoms with E-state index in [1.807, 2.05) is 0 Å². The van der Waals surface area contributed by atoms with Crippen molar-refractivity contribution in [3.05, 3.63) is 0 Å². The first-order valence-corrected chi connectivity index (χ1v) is 8.90. The van der Waals surface area contributed by atoms with E-state index >= 15 is 0 Å². The number of alkyl carbamates (subject to hydrolysis) is 1. The van der Waals surface area contributed by atoms with Gasteiger partial charge in [-0.15, -0.1) is 0 Å². The molecule has 0 rings (SSSR count). The third kappa shape index (κ3) is 12.7. The molecule has 0 spiro atoms. The van der Waals surface area contributed by atoms with Crippen LogP contribution in [0.4, 0.5) is 9.59 Å². The predicted molar refractivity (Wildman–Crippen MR) is 83.6 cm³/mol. The molecule has 1 N–H and O–H groups in total. The van der Waals surface area contributed by atoms with Gasteiger partial charge in [0.15, 0.2) is 0 Å². The monoisotopic (exact) mass is 354 g/mol. The van der Waals surface area contributed by atoms with Gasteiger partial charge in [0, 0.05) is 19.6 Å². The number of carbonyl (C=O) groups excluding carboxylic acids is 2. The lowest BCUT2D eigenvalue weighted by Crippen LogP contribution is -2.42. The molecule has 0 aliphatic heterocycles. The first-order chi connectivity index (χ1) is 10.4. The van der Waals surface area contributed by atoms with E-state index in [9.17, 15) is 18.0 Å². The predicted octanol–water partition coefficient (Wildman–Crippen LogP) is 0.946. The standard InChI is InChI=1S/C13H26N2O7S/c1-13(2,3)22-12(17)15(9-7-14-11(16)20-4)8-6-10-21-23(5,18)19/h6-10H2,1-5H3,(H,14,16). The van der Waals surface area contributed by atoms with Crippen molar-refractivity contribution in [2.45, 2.75) is 32.8 Å². The minimum atomic E-state index is -3.51. The number of hydrogen-bond donors (Lipinski definition) is 1. The molecule has 0 bridgehead atoms. The molecule has 0 aliphatic carbocycles. The zero-order valence-corrected chi connectivity index (χ0v) is 15.1. The minimum absolute atomic E-state index is 0.0391. The van der Waals surface area contributed by atoms with E-state index < -0.39 is 27.9 Å². The van der Waals surface area contributed by atoms with Crippen LogP contribution in [0.1, 0.15) is 27.2 Å². The number of hydrogen-bond acceptors (Lipinski definition) is 7. The number of nitrogens with one attached hydrogen (secondary N) is 1. The van der Waals surface area contributed by atoms with Crippen LogP contribution in [0.5, 0.6) is 0 Å². The first kappa shape index (κ1) is 21.4. The second-order valence-electron chi connectivity index (χ2n) is 5.77. The Labute approximate surface area is 137 Å². The van der Waals surface area contributed by atoms with Crippen LogP contribution in [0.15, 0.2) is 0 Å². The number of rotatable bonds is 8. The van der Waals surface area contributed by atoms with Crippen LogP contribution in [0, 0.1) is 0 Å². The van der Waals surface area contributed by atoms with Gasteiger partial charge in [-0.05, 0) is 27.2 Å². The number of nitrogens with zero attached hydrogens (tertiary/aromatic N) is 1. The van der Waals surface area contributed by atoms with Crippen LogP contribution >= 0.6 is 0 Å². The smallest absolute Gasteiger partial charge is 0.410 e. The number of amides is 2. The van der Waals surface area contributed by atoms with Crippen LogP contribution in [0.2, 0.25) is 0 Å². The summed E-state index contributed by atoms with van der Waals surface area (Å²) in [6.45, 7) is 5.78. The molecule has 0 fully saturated rings. The quantitative estimate of drug-likeness (QED) is 0.510. The molecule has 0 heterocycles. The Balaban J connectivity index is 4.48. The van der Waals surface area contributed by atoms with Gasteiger partial charge >= 0.3 is 12.2 Å². The van der Waals surface area contributed by atoms with Gasteiger partial charge in [-0.2, -0.15) is 8.42 Å². The van der Waals surface area contributed by atoms with Crippen molar-refractivity contribution >= 4 is 22.3 Å². The molecule has 0 radical (unpaired) electrons. The Morgan fingerprint density at radius 1 is 1.17 bits per heavy atom. The van der Waals surface area contributed by atoms with Crippen LogP contribution in [-0.4, -0.2) is 70.7 Å². The summed E-state index contributed by atoms with van der Waals surface area (Å²) in [4.78, 5) is 24.5. The fourth-order valence-electron chi connectivity index (χ4n) is 1.45. The summed E-state index contributed by atoms with van der Waals surface area (Å²) < 4.78 is 36.1. The molecular weight excluding hydrogens is 328 g/mol. The highest BCUT2D eigenvalue weighted by Crippen LogP contribution is 2.10. The van der Waals surface area contributed by atoms with Crippen molar-refractivity contribution in [3.63, 3.8) is 0 Å². The number of methoxy groups -OCH3 is 1. The summed E-state index contributed by atoms with van der Waals surface area (Å²) in [6.07, 6.45) is 0.113. The molecule has 0 aromatic heterocycles. The molecule has 0 aromatic rings. The Hall–Kier alpha value is -1.55. The summed E-state index contributed by atoms with van der Waals surface area (Å²) in [7, 11) is -2.27. The van der Waals surface area contributed by atoms with Crippen LogP contribution in [0.3, 0.4) is 0 Å². The van der Waals surface area contributed by atoms with Gasteiger partial charge in [-0.25, -0.2) is 9.59 Å². The fraction of sp³-hybridized carbons (Fsp3) is 0.846. The number of ether oxygens (including phenoxy) is 2. The van der Waals surface area contributed by atoms with Gasteiger partial charge in [0.2, 0.25) is 0 Å². The topological polar surface area (TPSA) is 111 Å². The van der Waals surface area contributed by atoms with E-state index in [-0.39, 0.29) is 26.2 Å². The third-order valence-corrected chi connectivity index (χ3v) is 2.95. The number of carbonyl (C=O) groups is 2. The van der Waals surface area contributed by atoms with Crippen LogP contribution in [-0.2, 0) is 23.8 Å². The van der Waals surface area contributed by atoms with Gasteiger partial charge in [-0.3, -0.25) is 4.18 Å². The molecular formula is C13H26N2O7S. The summed E-state index contributed by atoms with van der Waals surface area (Å²) in [6, 6.07) is 0. The van der Waals surface area contributed by atoms with Crippen molar-refractivity contribution in [2.75, 3.05) is 39.6 Å². The van der Waals surface area contributed by atoms with Crippen molar-refractivity contribution in [2.24, 2.45) is 0 Å². The van der Waals surface area contributed by atoms with Gasteiger partial charge in [0.1, 0.15) is 5.60 Å². The lowest BCUT2D eigenvalue weighted by molar-refractivity contribution is 0.0244. The summed E-state index contributed by atoms with van der Waals surface area (Å²) in [5, 5.41) is 2.46. The Morgan fingerprint density at radius 3 is 2.26 bits per heavy atom. The molecule has 136 valence electrons. The molecule has 0 aromatic carbocycles. The first-order valence-electron chi connectivity index (χ1n) is 7.09. The van der Waals surface area contributed by atoms with Gasteiger partial charge in [0.25, 0.3) is 10.1 Å². The third-order valence-electron chi connectivity index (χ3n) is 2.36. The maximum Gasteiger partial charge on any atom is 0.410 e. The highest BCUT2D eigenvalue weighted by molar-refractivity contribution is 7.85. The normalized spacial score (nSPS) is 11.7. The summed E-state index contributed by atoms with van der Waals surface area (Å²) >= 11 is 0. The van der Waals surface area contributed by atoms with Crippen LogP contribution < -0.4 is 5.32 Å². The minimum Gasteiger partial charge on any atom is -0.453 e. The molecule has 9 nitrogen and oxygen atoms in total. The largest absolute Gasteiger partial charge is 0.453 e. The fourth-order valence-corrected chi connectivity index (χ4v) is 1.87. The molecule has 0 atom stereocenters. The maximum atomic E-state index is 12.1. The second-order valence-corrected chi connectivity index (χ2v) is 7.41. The molecule has 2 amide bonds. The Bertz CT molecular complexity index is 485. The average molecular weight is 354 g/mol. The zero-order chi connectivity index (χ0) is 18.1. The highest BCUT2D eigenvalue weighted by atomic mass is 32.2. The Morgan fingerprint density at radius 2 is 1.78 bits per heavy atom. The Kier molecular flexibility index (Phi) is 8.91. The van der Waals surface area contributed by atoms with Crippen molar-refractivity contribution in [1.29, 1.82) is 0 Å². The lowest BCUT2D eigenvalue weighted by atomic mass is 10.2. The SMILES string of the molecule is COC(=O)NCCN(CCCOS(C)(=O)=O)C(=O)OC(C)(C)C. The average Bonchev–Trinajstić information content (AvgIpc) is 2.37. The maximum absolute atomic E-state index is 12.1. The summed E-state index contributed by atoms with van der Waals surface area (Å²) in [5.41, 5.74) is -0.658. The van der Waals surface area contributed by atoms with E-state index in [1.165, 1.54) is 12.0 Å². The van der Waals surface area contributed by atoms with Crippen molar-refractivity contribution < 1.29 is 31.7 Å². The van der Waals surface area contributed by atoms with Crippen molar-refractivity contribution in [3.8, 4) is 0 Å².